The lowest BCUT2D eigenvalue weighted by molar-refractivity contribution is 0.0513. The maximum absolute atomic E-state index is 11.5. The molecule has 0 saturated heterocycles. The molecule has 15 heavy (non-hydrogen) atoms. The molecule has 0 atom stereocenters. The highest BCUT2D eigenvalue weighted by Crippen LogP contribution is 2.05. The van der Waals surface area contributed by atoms with Gasteiger partial charge in [-0.15, -0.1) is 0 Å². The third-order valence-electron chi connectivity index (χ3n) is 2.20. The summed E-state index contributed by atoms with van der Waals surface area (Å²) in [6.45, 7) is 5.19. The Hall–Kier alpha value is -1.32. The Labute approximate surface area is 90.3 Å². The second kappa shape index (κ2) is 6.22. The van der Waals surface area contributed by atoms with E-state index in [4.69, 9.17) is 4.74 Å². The van der Waals surface area contributed by atoms with Crippen molar-refractivity contribution in [3.05, 3.63) is 18.2 Å². The molecule has 0 aliphatic carbocycles. The van der Waals surface area contributed by atoms with E-state index in [1.807, 2.05) is 4.57 Å². The quantitative estimate of drug-likeness (QED) is 0.534. The molecule has 0 fully saturated rings. The summed E-state index contributed by atoms with van der Waals surface area (Å²) in [6, 6.07) is 0. The van der Waals surface area contributed by atoms with Gasteiger partial charge in [0.25, 0.3) is 0 Å². The van der Waals surface area contributed by atoms with Crippen molar-refractivity contribution in [2.75, 3.05) is 6.61 Å². The number of carbonyl (C=O) groups is 1. The van der Waals surface area contributed by atoms with Gasteiger partial charge in [-0.3, -0.25) is 0 Å². The van der Waals surface area contributed by atoms with Crippen molar-refractivity contribution in [3.8, 4) is 0 Å². The zero-order valence-corrected chi connectivity index (χ0v) is 9.40. The highest BCUT2D eigenvalue weighted by atomic mass is 16.5. The first-order valence-corrected chi connectivity index (χ1v) is 5.46. The zero-order valence-electron chi connectivity index (χ0n) is 9.40. The summed E-state index contributed by atoms with van der Waals surface area (Å²) in [7, 11) is 0. The number of imidazole rings is 1. The van der Waals surface area contributed by atoms with Gasteiger partial charge in [0.1, 0.15) is 5.69 Å². The molecule has 0 amide bonds. The van der Waals surface area contributed by atoms with Crippen LogP contribution in [0.1, 0.15) is 43.6 Å². The van der Waals surface area contributed by atoms with Gasteiger partial charge in [-0.1, -0.05) is 19.8 Å². The summed E-state index contributed by atoms with van der Waals surface area (Å²) >= 11 is 0. The average molecular weight is 210 g/mol. The topological polar surface area (TPSA) is 44.1 Å². The Balaban J connectivity index is 2.56. The maximum atomic E-state index is 11.5. The number of hydrogen-bond acceptors (Lipinski definition) is 3. The number of hydrogen-bond donors (Lipinski definition) is 0. The average Bonchev–Trinajstić information content (AvgIpc) is 2.67. The summed E-state index contributed by atoms with van der Waals surface area (Å²) in [5.74, 6) is -0.286. The fraction of sp³-hybridized carbons (Fsp3) is 0.636. The second-order valence-corrected chi connectivity index (χ2v) is 3.40. The minimum absolute atomic E-state index is 0.286. The van der Waals surface area contributed by atoms with E-state index in [1.54, 1.807) is 19.4 Å². The molecule has 0 aliphatic rings. The van der Waals surface area contributed by atoms with Crippen LogP contribution in [-0.2, 0) is 11.3 Å². The van der Waals surface area contributed by atoms with Gasteiger partial charge in [-0.05, 0) is 13.3 Å². The van der Waals surface area contributed by atoms with E-state index in [0.717, 1.165) is 13.0 Å². The van der Waals surface area contributed by atoms with Gasteiger partial charge in [-0.25, -0.2) is 9.78 Å². The number of unbranched alkanes of at least 4 members (excludes halogenated alkanes) is 2. The third-order valence-corrected chi connectivity index (χ3v) is 2.20. The maximum Gasteiger partial charge on any atom is 0.356 e. The van der Waals surface area contributed by atoms with Crippen LogP contribution in [0, 0.1) is 0 Å². The highest BCUT2D eigenvalue weighted by Gasteiger charge is 2.11. The minimum Gasteiger partial charge on any atom is -0.461 e. The van der Waals surface area contributed by atoms with E-state index < -0.39 is 0 Å². The summed E-state index contributed by atoms with van der Waals surface area (Å²) < 4.78 is 6.79. The van der Waals surface area contributed by atoms with Gasteiger partial charge in [0.15, 0.2) is 0 Å². The molecular weight excluding hydrogens is 192 g/mol. The first kappa shape index (κ1) is 11.8. The van der Waals surface area contributed by atoms with Gasteiger partial charge in [0.2, 0.25) is 0 Å². The number of aromatic nitrogens is 2. The molecule has 1 aromatic heterocycles. The van der Waals surface area contributed by atoms with Crippen LogP contribution in [0.15, 0.2) is 12.5 Å². The van der Waals surface area contributed by atoms with Crippen molar-refractivity contribution in [2.45, 2.75) is 39.7 Å². The molecule has 4 nitrogen and oxygen atoms in total. The predicted molar refractivity (Wildman–Crippen MR) is 57.7 cm³/mol. The SMILES string of the molecule is CCCCCn1cncc1C(=O)OCC. The predicted octanol–water partition coefficient (Wildman–Crippen LogP) is 2.25. The Morgan fingerprint density at radius 1 is 1.47 bits per heavy atom. The van der Waals surface area contributed by atoms with Crippen LogP contribution >= 0.6 is 0 Å². The van der Waals surface area contributed by atoms with Gasteiger partial charge >= 0.3 is 5.97 Å². The Bertz CT molecular complexity index is 307. The van der Waals surface area contributed by atoms with E-state index in [1.165, 1.54) is 12.8 Å². The van der Waals surface area contributed by atoms with E-state index in [0.29, 0.717) is 12.3 Å². The third kappa shape index (κ3) is 3.38. The Kier molecular flexibility index (Phi) is 4.87. The van der Waals surface area contributed by atoms with Gasteiger partial charge < -0.3 is 9.30 Å². The van der Waals surface area contributed by atoms with Crippen molar-refractivity contribution in [3.63, 3.8) is 0 Å². The lowest BCUT2D eigenvalue weighted by Crippen LogP contribution is -2.11. The summed E-state index contributed by atoms with van der Waals surface area (Å²) in [5, 5.41) is 0. The van der Waals surface area contributed by atoms with Crippen LogP contribution in [0.5, 0.6) is 0 Å². The molecule has 0 aromatic carbocycles. The molecule has 0 N–H and O–H groups in total. The van der Waals surface area contributed by atoms with Gasteiger partial charge in [-0.2, -0.15) is 0 Å². The van der Waals surface area contributed by atoms with E-state index >= 15 is 0 Å². The molecular formula is C11H18N2O2. The molecule has 0 saturated carbocycles. The largest absolute Gasteiger partial charge is 0.461 e. The van der Waals surface area contributed by atoms with Crippen LogP contribution in [0.3, 0.4) is 0 Å². The summed E-state index contributed by atoms with van der Waals surface area (Å²) in [5.41, 5.74) is 0.549. The molecule has 1 rings (SSSR count). The van der Waals surface area contributed by atoms with Gasteiger partial charge in [0.05, 0.1) is 19.1 Å². The second-order valence-electron chi connectivity index (χ2n) is 3.40. The molecule has 0 radical (unpaired) electrons. The highest BCUT2D eigenvalue weighted by molar-refractivity contribution is 5.87. The van der Waals surface area contributed by atoms with Crippen LogP contribution < -0.4 is 0 Å². The molecule has 1 heterocycles. The zero-order chi connectivity index (χ0) is 11.1. The smallest absolute Gasteiger partial charge is 0.356 e. The number of rotatable bonds is 6. The molecule has 0 bridgehead atoms. The van der Waals surface area contributed by atoms with Crippen molar-refractivity contribution in [1.29, 1.82) is 0 Å². The van der Waals surface area contributed by atoms with Crippen molar-refractivity contribution >= 4 is 5.97 Å². The lowest BCUT2D eigenvalue weighted by atomic mass is 10.2. The Morgan fingerprint density at radius 3 is 2.93 bits per heavy atom. The van der Waals surface area contributed by atoms with E-state index in [9.17, 15) is 4.79 Å². The number of nitrogens with zero attached hydrogens (tertiary/aromatic N) is 2. The van der Waals surface area contributed by atoms with E-state index in [-0.39, 0.29) is 5.97 Å². The first-order chi connectivity index (χ1) is 7.29. The van der Waals surface area contributed by atoms with Crippen molar-refractivity contribution < 1.29 is 9.53 Å². The molecule has 0 aliphatic heterocycles. The van der Waals surface area contributed by atoms with Crippen molar-refractivity contribution in [1.82, 2.24) is 9.55 Å². The molecule has 1 aromatic rings. The number of carbonyl (C=O) groups excluding carboxylic acids is 1. The summed E-state index contributed by atoms with van der Waals surface area (Å²) in [6.07, 6.45) is 6.65. The van der Waals surface area contributed by atoms with E-state index in [2.05, 4.69) is 11.9 Å². The lowest BCUT2D eigenvalue weighted by Gasteiger charge is -2.06. The van der Waals surface area contributed by atoms with Crippen LogP contribution in [0.25, 0.3) is 0 Å². The molecule has 4 heteroatoms. The fourth-order valence-corrected chi connectivity index (χ4v) is 1.41. The number of aryl methyl sites for hydroxylation is 1. The minimum atomic E-state index is -0.286. The molecule has 0 spiro atoms. The van der Waals surface area contributed by atoms with Crippen LogP contribution in [0.4, 0.5) is 0 Å². The monoisotopic (exact) mass is 210 g/mol. The molecule has 0 unspecified atom stereocenters. The molecule has 84 valence electrons. The van der Waals surface area contributed by atoms with Crippen molar-refractivity contribution in [2.24, 2.45) is 0 Å². The normalized spacial score (nSPS) is 10.3. The fourth-order valence-electron chi connectivity index (χ4n) is 1.41. The van der Waals surface area contributed by atoms with Crippen LogP contribution in [0.2, 0.25) is 0 Å². The van der Waals surface area contributed by atoms with Crippen LogP contribution in [-0.4, -0.2) is 22.1 Å². The Morgan fingerprint density at radius 2 is 2.27 bits per heavy atom. The number of esters is 1. The standard InChI is InChI=1S/C11H18N2O2/c1-3-5-6-7-13-9-12-8-10(13)11(14)15-4-2/h8-9H,3-7H2,1-2H3. The first-order valence-electron chi connectivity index (χ1n) is 5.46. The van der Waals surface area contributed by atoms with Gasteiger partial charge in [0, 0.05) is 6.54 Å². The number of ether oxygens (including phenoxy) is 1. The summed E-state index contributed by atoms with van der Waals surface area (Å²) in [4.78, 5) is 15.4.